The summed E-state index contributed by atoms with van der Waals surface area (Å²) in [7, 11) is 0. The average Bonchev–Trinajstić information content (AvgIpc) is 3.31. The Labute approximate surface area is 150 Å². The van der Waals surface area contributed by atoms with Gasteiger partial charge in [-0.05, 0) is 44.7 Å². The van der Waals surface area contributed by atoms with Crippen LogP contribution in [-0.4, -0.2) is 51.9 Å². The zero-order chi connectivity index (χ0) is 16.6. The van der Waals surface area contributed by atoms with E-state index < -0.39 is 0 Å². The Balaban J connectivity index is 1.33. The van der Waals surface area contributed by atoms with E-state index in [-0.39, 0.29) is 5.91 Å². The van der Waals surface area contributed by atoms with Crippen LogP contribution >= 0.6 is 22.7 Å². The van der Waals surface area contributed by atoms with Crippen molar-refractivity contribution in [2.24, 2.45) is 5.41 Å². The number of aromatic nitrogens is 2. The van der Waals surface area contributed by atoms with Crippen LogP contribution in [0.15, 0.2) is 16.3 Å². The van der Waals surface area contributed by atoms with Crippen molar-refractivity contribution >= 4 is 28.6 Å². The van der Waals surface area contributed by atoms with Crippen molar-refractivity contribution in [3.8, 4) is 0 Å². The summed E-state index contributed by atoms with van der Waals surface area (Å²) >= 11 is 3.21. The molecule has 2 saturated heterocycles. The molecule has 2 aromatic heterocycles. The van der Waals surface area contributed by atoms with Gasteiger partial charge in [0.25, 0.3) is 5.91 Å². The normalized spacial score (nSPS) is 20.8. The van der Waals surface area contributed by atoms with Gasteiger partial charge in [0.15, 0.2) is 0 Å². The van der Waals surface area contributed by atoms with Crippen LogP contribution in [0, 0.1) is 12.3 Å². The van der Waals surface area contributed by atoms with Crippen LogP contribution in [0.4, 0.5) is 0 Å². The first-order valence-corrected chi connectivity index (χ1v) is 10.3. The second kappa shape index (κ2) is 6.54. The number of piperidine rings is 1. The van der Waals surface area contributed by atoms with E-state index >= 15 is 0 Å². The lowest BCUT2D eigenvalue weighted by atomic mass is 9.78. The van der Waals surface area contributed by atoms with E-state index in [1.807, 2.05) is 10.3 Å². The molecule has 4 heterocycles. The fraction of sp³-hybridized carbons (Fsp3) is 0.588. The highest BCUT2D eigenvalue weighted by molar-refractivity contribution is 7.09. The molecule has 0 atom stereocenters. The Hall–Kier alpha value is -1.31. The molecule has 2 aliphatic rings. The molecule has 0 N–H and O–H groups in total. The summed E-state index contributed by atoms with van der Waals surface area (Å²) in [5.41, 5.74) is 3.85. The lowest BCUT2D eigenvalue weighted by molar-refractivity contribution is 0.0708. The van der Waals surface area contributed by atoms with Crippen molar-refractivity contribution < 1.29 is 4.79 Å². The van der Waals surface area contributed by atoms with E-state index in [1.165, 1.54) is 29.9 Å². The van der Waals surface area contributed by atoms with Gasteiger partial charge in [-0.2, -0.15) is 0 Å². The topological polar surface area (TPSA) is 49.3 Å². The maximum atomic E-state index is 12.5. The number of rotatable bonds is 3. The molecule has 0 radical (unpaired) electrons. The first-order valence-electron chi connectivity index (χ1n) is 8.44. The third-order valence-corrected chi connectivity index (χ3v) is 6.75. The second-order valence-corrected chi connectivity index (χ2v) is 8.77. The second-order valence-electron chi connectivity index (χ2n) is 6.98. The highest BCUT2D eigenvalue weighted by Gasteiger charge is 2.42. The highest BCUT2D eigenvalue weighted by atomic mass is 32.1. The summed E-state index contributed by atoms with van der Waals surface area (Å²) < 4.78 is 0. The molecular formula is C17H22N4OS2. The standard InChI is InChI=1S/C17H22N4OS2/c1-13-19-14(9-24-13)8-20-5-2-17(3-6-20)4-7-21(11-17)16(22)15-10-23-12-18-15/h9-10,12H,2-8,11H2,1H3. The van der Waals surface area contributed by atoms with Gasteiger partial charge in [0.05, 0.1) is 16.2 Å². The summed E-state index contributed by atoms with van der Waals surface area (Å²) in [4.78, 5) is 25.8. The van der Waals surface area contributed by atoms with Crippen molar-refractivity contribution in [2.45, 2.75) is 32.7 Å². The van der Waals surface area contributed by atoms with E-state index in [9.17, 15) is 4.79 Å². The minimum Gasteiger partial charge on any atom is -0.337 e. The molecule has 24 heavy (non-hydrogen) atoms. The lowest BCUT2D eigenvalue weighted by Gasteiger charge is -2.39. The summed E-state index contributed by atoms with van der Waals surface area (Å²) in [6.07, 6.45) is 3.49. The van der Waals surface area contributed by atoms with Crippen molar-refractivity contribution in [3.05, 3.63) is 32.7 Å². The highest BCUT2D eigenvalue weighted by Crippen LogP contribution is 2.41. The van der Waals surface area contributed by atoms with Crippen LogP contribution in [0.1, 0.15) is 40.5 Å². The minimum atomic E-state index is 0.105. The van der Waals surface area contributed by atoms with Gasteiger partial charge in [-0.1, -0.05) is 0 Å². The van der Waals surface area contributed by atoms with Gasteiger partial charge in [-0.3, -0.25) is 9.69 Å². The predicted octanol–water partition coefficient (Wildman–Crippen LogP) is 3.04. The third-order valence-electron chi connectivity index (χ3n) is 5.35. The van der Waals surface area contributed by atoms with Crippen molar-refractivity contribution in [3.63, 3.8) is 0 Å². The number of nitrogens with zero attached hydrogens (tertiary/aromatic N) is 4. The van der Waals surface area contributed by atoms with Crippen molar-refractivity contribution in [2.75, 3.05) is 26.2 Å². The molecule has 2 fully saturated rings. The number of likely N-dealkylation sites (tertiary alicyclic amines) is 2. The Morgan fingerprint density at radius 1 is 1.25 bits per heavy atom. The van der Waals surface area contributed by atoms with Crippen molar-refractivity contribution in [1.82, 2.24) is 19.8 Å². The minimum absolute atomic E-state index is 0.105. The van der Waals surface area contributed by atoms with Gasteiger partial charge >= 0.3 is 0 Å². The van der Waals surface area contributed by atoms with Crippen LogP contribution in [0.25, 0.3) is 0 Å². The first-order chi connectivity index (χ1) is 11.6. The Kier molecular flexibility index (Phi) is 4.40. The molecule has 0 aliphatic carbocycles. The van der Waals surface area contributed by atoms with Crippen LogP contribution in [0.3, 0.4) is 0 Å². The fourth-order valence-electron chi connectivity index (χ4n) is 3.89. The zero-order valence-corrected chi connectivity index (χ0v) is 15.5. The largest absolute Gasteiger partial charge is 0.337 e. The molecule has 0 aromatic carbocycles. The monoisotopic (exact) mass is 362 g/mol. The molecule has 1 spiro atoms. The molecule has 128 valence electrons. The number of thiazole rings is 2. The summed E-state index contributed by atoms with van der Waals surface area (Å²) in [6, 6.07) is 0. The van der Waals surface area contributed by atoms with E-state index in [0.717, 1.165) is 44.2 Å². The van der Waals surface area contributed by atoms with Crippen LogP contribution in [0.5, 0.6) is 0 Å². The maximum Gasteiger partial charge on any atom is 0.273 e. The molecule has 0 bridgehead atoms. The van der Waals surface area contributed by atoms with Gasteiger partial charge < -0.3 is 4.90 Å². The number of carbonyl (C=O) groups excluding carboxylic acids is 1. The molecular weight excluding hydrogens is 340 g/mol. The fourth-order valence-corrected chi connectivity index (χ4v) is 5.02. The molecule has 2 aromatic rings. The van der Waals surface area contributed by atoms with E-state index in [0.29, 0.717) is 11.1 Å². The smallest absolute Gasteiger partial charge is 0.273 e. The number of hydrogen-bond donors (Lipinski definition) is 0. The molecule has 2 aliphatic heterocycles. The number of amides is 1. The van der Waals surface area contributed by atoms with Crippen LogP contribution in [0.2, 0.25) is 0 Å². The van der Waals surface area contributed by atoms with Gasteiger partial charge in [-0.25, -0.2) is 9.97 Å². The number of carbonyl (C=O) groups is 1. The molecule has 7 heteroatoms. The summed E-state index contributed by atoms with van der Waals surface area (Å²) in [6.45, 7) is 7.01. The molecule has 1 amide bonds. The third kappa shape index (κ3) is 3.25. The summed E-state index contributed by atoms with van der Waals surface area (Å²) in [5.74, 6) is 0.105. The van der Waals surface area contributed by atoms with Gasteiger partial charge in [0, 0.05) is 30.4 Å². The zero-order valence-electron chi connectivity index (χ0n) is 13.9. The molecule has 4 rings (SSSR count). The van der Waals surface area contributed by atoms with E-state index in [1.54, 1.807) is 16.8 Å². The Bertz CT molecular complexity index is 704. The van der Waals surface area contributed by atoms with Crippen molar-refractivity contribution in [1.29, 1.82) is 0 Å². The predicted molar refractivity (Wildman–Crippen MR) is 96.4 cm³/mol. The maximum absolute atomic E-state index is 12.5. The molecule has 0 unspecified atom stereocenters. The van der Waals surface area contributed by atoms with Gasteiger partial charge in [0.1, 0.15) is 5.69 Å². The van der Waals surface area contributed by atoms with E-state index in [4.69, 9.17) is 0 Å². The first kappa shape index (κ1) is 16.2. The SMILES string of the molecule is Cc1nc(CN2CCC3(CC2)CCN(C(=O)c2cscn2)C3)cs1. The molecule has 0 saturated carbocycles. The molecule has 5 nitrogen and oxygen atoms in total. The lowest BCUT2D eigenvalue weighted by Crippen LogP contribution is -2.42. The van der Waals surface area contributed by atoms with Gasteiger partial charge in [0.2, 0.25) is 0 Å². The number of hydrogen-bond acceptors (Lipinski definition) is 6. The summed E-state index contributed by atoms with van der Waals surface area (Å²) in [5, 5.41) is 5.17. The number of aryl methyl sites for hydroxylation is 1. The van der Waals surface area contributed by atoms with E-state index in [2.05, 4.69) is 27.2 Å². The Morgan fingerprint density at radius 2 is 2.04 bits per heavy atom. The quantitative estimate of drug-likeness (QED) is 0.842. The van der Waals surface area contributed by atoms with Crippen LogP contribution in [-0.2, 0) is 6.54 Å². The Morgan fingerprint density at radius 3 is 2.71 bits per heavy atom. The average molecular weight is 363 g/mol. The van der Waals surface area contributed by atoms with Gasteiger partial charge in [-0.15, -0.1) is 22.7 Å². The van der Waals surface area contributed by atoms with Crippen LogP contribution < -0.4 is 0 Å².